The smallest absolute Gasteiger partial charge is 0.341 e. The molecule has 24 heavy (non-hydrogen) atoms. The monoisotopic (exact) mass is 329 g/mol. The zero-order chi connectivity index (χ0) is 17.6. The average Bonchev–Trinajstić information content (AvgIpc) is 2.85. The Morgan fingerprint density at radius 1 is 1.04 bits per heavy atom. The number of rotatable bonds is 3. The minimum absolute atomic E-state index is 0.153. The molecule has 0 saturated carbocycles. The molecular weight excluding hydrogens is 318 g/mol. The lowest BCUT2D eigenvalue weighted by molar-refractivity contribution is -0.644. The third kappa shape index (κ3) is 2.29. The lowest BCUT2D eigenvalue weighted by Crippen LogP contribution is -2.28. The fraction of sp³-hybridized carbons (Fsp3) is 0.143. The Bertz CT molecular complexity index is 990. The molecule has 0 aliphatic carbocycles. The topological polar surface area (TPSA) is 142 Å². The van der Waals surface area contributed by atoms with Crippen LogP contribution in [0.25, 0.3) is 22.2 Å². The highest BCUT2D eigenvalue weighted by molar-refractivity contribution is 5.97. The molecule has 10 nitrogen and oxygen atoms in total. The van der Waals surface area contributed by atoms with Crippen LogP contribution in [0.3, 0.4) is 0 Å². The van der Waals surface area contributed by atoms with Crippen molar-refractivity contribution in [2.75, 3.05) is 0 Å². The molecule has 0 radical (unpaired) electrons. The molecule has 0 spiro atoms. The van der Waals surface area contributed by atoms with Gasteiger partial charge in [-0.1, -0.05) is 34.5 Å². The second kappa shape index (κ2) is 5.26. The molecule has 0 saturated heterocycles. The van der Waals surface area contributed by atoms with Crippen molar-refractivity contribution in [1.29, 1.82) is 0 Å². The van der Waals surface area contributed by atoms with Crippen LogP contribution in [0.1, 0.15) is 11.1 Å². The first-order valence-corrected chi connectivity index (χ1v) is 6.81. The van der Waals surface area contributed by atoms with Crippen LogP contribution in [0.4, 0.5) is 11.4 Å². The summed E-state index contributed by atoms with van der Waals surface area (Å²) < 4.78 is 0. The van der Waals surface area contributed by atoms with Crippen molar-refractivity contribution in [3.8, 4) is 11.1 Å². The van der Waals surface area contributed by atoms with Crippen LogP contribution in [0, 0.1) is 39.3 Å². The van der Waals surface area contributed by atoms with E-state index in [9.17, 15) is 25.4 Å². The minimum Gasteiger partial charge on any atom is -0.692 e. The first-order valence-electron chi connectivity index (χ1n) is 6.81. The normalized spacial score (nSPS) is 10.9. The largest absolute Gasteiger partial charge is 0.692 e. The molecular formula is C14H11N5O5. The van der Waals surface area contributed by atoms with Gasteiger partial charge < -0.3 is 5.21 Å². The molecule has 0 amide bonds. The van der Waals surface area contributed by atoms with Crippen LogP contribution in [0.5, 0.6) is 0 Å². The van der Waals surface area contributed by atoms with E-state index in [0.717, 1.165) is 17.2 Å². The van der Waals surface area contributed by atoms with Crippen LogP contribution in [0.2, 0.25) is 0 Å². The van der Waals surface area contributed by atoms with Gasteiger partial charge in [-0.25, -0.2) is 0 Å². The summed E-state index contributed by atoms with van der Waals surface area (Å²) in [7, 11) is 0. The Kier molecular flexibility index (Phi) is 3.36. The molecule has 0 aliphatic rings. The fourth-order valence-electron chi connectivity index (χ4n) is 2.77. The van der Waals surface area contributed by atoms with Gasteiger partial charge in [0.2, 0.25) is 5.52 Å². The van der Waals surface area contributed by atoms with E-state index in [1.165, 1.54) is 0 Å². The summed E-state index contributed by atoms with van der Waals surface area (Å²) >= 11 is 0. The third-order valence-corrected chi connectivity index (χ3v) is 3.59. The Morgan fingerprint density at radius 2 is 1.67 bits per heavy atom. The van der Waals surface area contributed by atoms with E-state index in [0.29, 0.717) is 5.56 Å². The molecule has 122 valence electrons. The van der Waals surface area contributed by atoms with Gasteiger partial charge in [0.1, 0.15) is 5.56 Å². The van der Waals surface area contributed by atoms with Crippen molar-refractivity contribution in [3.63, 3.8) is 0 Å². The van der Waals surface area contributed by atoms with Gasteiger partial charge in [-0.2, -0.15) is 4.85 Å². The van der Waals surface area contributed by atoms with Crippen molar-refractivity contribution in [2.24, 2.45) is 0 Å². The van der Waals surface area contributed by atoms with E-state index in [2.05, 4.69) is 5.10 Å². The Balaban J connectivity index is 2.52. The molecule has 1 N–H and O–H groups in total. The molecule has 1 heterocycles. The molecule has 3 aromatic rings. The van der Waals surface area contributed by atoms with Crippen molar-refractivity contribution in [2.45, 2.75) is 13.8 Å². The lowest BCUT2D eigenvalue weighted by atomic mass is 9.97. The highest BCUT2D eigenvalue weighted by Crippen LogP contribution is 2.42. The third-order valence-electron chi connectivity index (χ3n) is 3.59. The Hall–Kier alpha value is -3.56. The van der Waals surface area contributed by atoms with Gasteiger partial charge >= 0.3 is 11.2 Å². The number of aryl methyl sites for hydroxylation is 2. The van der Waals surface area contributed by atoms with Crippen molar-refractivity contribution in [3.05, 3.63) is 60.8 Å². The summed E-state index contributed by atoms with van der Waals surface area (Å²) in [6.07, 6.45) is 0. The minimum atomic E-state index is -0.761. The van der Waals surface area contributed by atoms with Crippen LogP contribution in [0.15, 0.2) is 24.3 Å². The standard InChI is InChI=1S/C14H11N5O5/c1-7-3-8(2)5-9(4-7)12-10(18(21)22)6-11-13(14(12)19(23)24)15-16-17(11)20/h3-6,16H,1-2H3. The van der Waals surface area contributed by atoms with Crippen molar-refractivity contribution < 1.29 is 14.7 Å². The zero-order valence-corrected chi connectivity index (χ0v) is 12.6. The van der Waals surface area contributed by atoms with Crippen LogP contribution in [-0.2, 0) is 0 Å². The Labute approximate surface area is 134 Å². The fourth-order valence-corrected chi connectivity index (χ4v) is 2.77. The molecule has 3 rings (SSSR count). The van der Waals surface area contributed by atoms with Gasteiger partial charge in [0.25, 0.3) is 5.69 Å². The van der Waals surface area contributed by atoms with E-state index >= 15 is 0 Å². The summed E-state index contributed by atoms with van der Waals surface area (Å²) in [5.41, 5.74) is 0.172. The highest BCUT2D eigenvalue weighted by atomic mass is 16.6. The van der Waals surface area contributed by atoms with E-state index < -0.39 is 21.2 Å². The SMILES string of the molecule is Cc1cc(C)cc(-c2c([N+](=O)[O-])cc3c(n[nH][n+]3[O-])c2[N+](=O)[O-])c1. The predicted molar refractivity (Wildman–Crippen MR) is 83.3 cm³/mol. The van der Waals surface area contributed by atoms with Gasteiger partial charge in [0.05, 0.1) is 21.0 Å². The molecule has 2 aromatic carbocycles. The quantitative estimate of drug-likeness (QED) is 0.338. The summed E-state index contributed by atoms with van der Waals surface area (Å²) in [5, 5.41) is 40.3. The van der Waals surface area contributed by atoms with Gasteiger partial charge in [-0.05, 0) is 19.4 Å². The van der Waals surface area contributed by atoms with Crippen molar-refractivity contribution >= 4 is 22.4 Å². The maximum atomic E-state index is 11.6. The molecule has 0 atom stereocenters. The van der Waals surface area contributed by atoms with Gasteiger partial charge in [-0.3, -0.25) is 20.2 Å². The number of fused-ring (bicyclic) bond motifs is 1. The number of nitro groups is 2. The molecule has 0 unspecified atom stereocenters. The maximum absolute atomic E-state index is 11.6. The Morgan fingerprint density at radius 3 is 2.21 bits per heavy atom. The number of hydrogen-bond donors (Lipinski definition) is 1. The molecule has 0 bridgehead atoms. The van der Waals surface area contributed by atoms with Gasteiger partial charge in [0.15, 0.2) is 0 Å². The van der Waals surface area contributed by atoms with E-state index in [-0.39, 0.29) is 21.4 Å². The number of nitrogens with zero attached hydrogens (tertiary/aromatic N) is 4. The number of H-pyrrole nitrogens is 1. The van der Waals surface area contributed by atoms with Gasteiger partial charge in [-0.15, -0.1) is 0 Å². The lowest BCUT2D eigenvalue weighted by Gasteiger charge is -2.07. The van der Waals surface area contributed by atoms with Crippen LogP contribution < -0.4 is 4.85 Å². The van der Waals surface area contributed by atoms with Gasteiger partial charge in [0, 0.05) is 0 Å². The first-order chi connectivity index (χ1) is 11.3. The van der Waals surface area contributed by atoms with Crippen LogP contribution >= 0.6 is 0 Å². The molecule has 0 fully saturated rings. The second-order valence-corrected chi connectivity index (χ2v) is 5.38. The maximum Gasteiger partial charge on any atom is 0.341 e. The number of aromatic nitrogens is 3. The molecule has 10 heteroatoms. The number of nitro benzene ring substituents is 2. The average molecular weight is 329 g/mol. The van der Waals surface area contributed by atoms with Crippen LogP contribution in [-0.4, -0.2) is 20.2 Å². The zero-order valence-electron chi connectivity index (χ0n) is 12.6. The second-order valence-electron chi connectivity index (χ2n) is 5.38. The molecule has 0 aliphatic heterocycles. The van der Waals surface area contributed by atoms with E-state index in [1.54, 1.807) is 26.0 Å². The summed E-state index contributed by atoms with van der Waals surface area (Å²) in [4.78, 5) is 21.7. The predicted octanol–water partition coefficient (Wildman–Crippen LogP) is 2.30. The van der Waals surface area contributed by atoms with Crippen molar-refractivity contribution in [1.82, 2.24) is 10.3 Å². The molecule has 1 aromatic heterocycles. The summed E-state index contributed by atoms with van der Waals surface area (Å²) in [6, 6.07) is 6.07. The summed E-state index contributed by atoms with van der Waals surface area (Å²) in [6.45, 7) is 3.57. The number of nitrogens with one attached hydrogen (secondary N) is 1. The number of hydrogen-bond acceptors (Lipinski definition) is 6. The first kappa shape index (κ1) is 15.3. The summed E-state index contributed by atoms with van der Waals surface area (Å²) in [5.74, 6) is 0. The van der Waals surface area contributed by atoms with E-state index in [4.69, 9.17) is 0 Å². The van der Waals surface area contributed by atoms with E-state index in [1.807, 2.05) is 11.3 Å². The number of benzene rings is 2. The number of aromatic amines is 1. The highest BCUT2D eigenvalue weighted by Gasteiger charge is 2.36.